The molecule has 0 aliphatic heterocycles. The minimum absolute atomic E-state index is 0.0928. The SMILES string of the molecule is CCOc1ccc(I)cc1OC(F)(F)F. The molecule has 0 saturated carbocycles. The third-order valence-corrected chi connectivity index (χ3v) is 2.10. The second-order valence-electron chi connectivity index (χ2n) is 2.57. The molecule has 0 aliphatic carbocycles. The van der Waals surface area contributed by atoms with E-state index in [4.69, 9.17) is 4.74 Å². The van der Waals surface area contributed by atoms with E-state index in [0.717, 1.165) is 0 Å². The number of halogens is 4. The summed E-state index contributed by atoms with van der Waals surface area (Å²) in [6.45, 7) is 1.98. The van der Waals surface area contributed by atoms with E-state index in [0.29, 0.717) is 3.57 Å². The molecule has 0 atom stereocenters. The van der Waals surface area contributed by atoms with Crippen molar-refractivity contribution in [1.29, 1.82) is 0 Å². The summed E-state index contributed by atoms with van der Waals surface area (Å²) in [6, 6.07) is 4.38. The Hall–Kier alpha value is -0.660. The van der Waals surface area contributed by atoms with E-state index in [-0.39, 0.29) is 18.1 Å². The smallest absolute Gasteiger partial charge is 0.490 e. The summed E-state index contributed by atoms with van der Waals surface area (Å²) in [5.74, 6) is -0.216. The van der Waals surface area contributed by atoms with Gasteiger partial charge in [0.1, 0.15) is 0 Å². The van der Waals surface area contributed by atoms with Crippen LogP contribution in [0, 0.1) is 3.57 Å². The summed E-state index contributed by atoms with van der Waals surface area (Å²) in [7, 11) is 0. The molecule has 1 rings (SSSR count). The molecule has 0 heterocycles. The van der Waals surface area contributed by atoms with Crippen molar-refractivity contribution in [2.75, 3.05) is 6.61 Å². The van der Waals surface area contributed by atoms with E-state index < -0.39 is 6.36 Å². The van der Waals surface area contributed by atoms with E-state index in [1.54, 1.807) is 13.0 Å². The summed E-state index contributed by atoms with van der Waals surface area (Å²) in [4.78, 5) is 0. The molecule has 6 heteroatoms. The summed E-state index contributed by atoms with van der Waals surface area (Å²) in [5.41, 5.74) is 0. The predicted molar refractivity (Wildman–Crippen MR) is 57.0 cm³/mol. The molecule has 0 N–H and O–H groups in total. The Morgan fingerprint density at radius 2 is 1.93 bits per heavy atom. The maximum Gasteiger partial charge on any atom is 0.573 e. The van der Waals surface area contributed by atoms with Gasteiger partial charge in [-0.1, -0.05) is 0 Å². The van der Waals surface area contributed by atoms with Crippen LogP contribution in [0.1, 0.15) is 6.92 Å². The predicted octanol–water partition coefficient (Wildman–Crippen LogP) is 3.59. The molecule has 0 unspecified atom stereocenters. The first-order chi connectivity index (χ1) is 6.92. The van der Waals surface area contributed by atoms with Gasteiger partial charge in [0.25, 0.3) is 0 Å². The van der Waals surface area contributed by atoms with Crippen LogP contribution in [0.15, 0.2) is 18.2 Å². The largest absolute Gasteiger partial charge is 0.573 e. The molecule has 0 spiro atoms. The fraction of sp³-hybridized carbons (Fsp3) is 0.333. The molecule has 15 heavy (non-hydrogen) atoms. The quantitative estimate of drug-likeness (QED) is 0.788. The van der Waals surface area contributed by atoms with Gasteiger partial charge in [-0.05, 0) is 47.7 Å². The average molecular weight is 332 g/mol. The Morgan fingerprint density at radius 1 is 1.27 bits per heavy atom. The Balaban J connectivity index is 2.96. The number of hydrogen-bond acceptors (Lipinski definition) is 2. The summed E-state index contributed by atoms with van der Waals surface area (Å²) < 4.78 is 45.5. The van der Waals surface area contributed by atoms with Crippen molar-refractivity contribution in [3.63, 3.8) is 0 Å². The van der Waals surface area contributed by atoms with Crippen molar-refractivity contribution in [1.82, 2.24) is 0 Å². The summed E-state index contributed by atoms with van der Waals surface area (Å²) in [5, 5.41) is 0. The average Bonchev–Trinajstić information content (AvgIpc) is 2.07. The number of rotatable bonds is 3. The van der Waals surface area contributed by atoms with Gasteiger partial charge in [0, 0.05) is 3.57 Å². The molecule has 0 aromatic heterocycles. The lowest BCUT2D eigenvalue weighted by atomic mass is 10.3. The lowest BCUT2D eigenvalue weighted by molar-refractivity contribution is -0.275. The first-order valence-electron chi connectivity index (χ1n) is 4.10. The molecule has 0 fully saturated rings. The highest BCUT2D eigenvalue weighted by Crippen LogP contribution is 2.33. The highest BCUT2D eigenvalue weighted by molar-refractivity contribution is 14.1. The Kier molecular flexibility index (Phi) is 4.06. The zero-order chi connectivity index (χ0) is 11.5. The molecule has 2 nitrogen and oxygen atoms in total. The minimum atomic E-state index is -4.70. The molecule has 0 radical (unpaired) electrons. The van der Waals surface area contributed by atoms with Gasteiger partial charge < -0.3 is 9.47 Å². The lowest BCUT2D eigenvalue weighted by Gasteiger charge is -2.13. The van der Waals surface area contributed by atoms with Crippen molar-refractivity contribution in [3.05, 3.63) is 21.8 Å². The molecule has 0 saturated heterocycles. The molecule has 1 aromatic rings. The highest BCUT2D eigenvalue weighted by Gasteiger charge is 2.32. The zero-order valence-electron chi connectivity index (χ0n) is 7.77. The van der Waals surface area contributed by atoms with Gasteiger partial charge in [-0.2, -0.15) is 0 Å². The van der Waals surface area contributed by atoms with Gasteiger partial charge in [-0.15, -0.1) is 13.2 Å². The first kappa shape index (κ1) is 12.4. The summed E-state index contributed by atoms with van der Waals surface area (Å²) >= 11 is 1.90. The molecule has 0 bridgehead atoms. The van der Waals surface area contributed by atoms with Gasteiger partial charge in [-0.3, -0.25) is 0 Å². The van der Waals surface area contributed by atoms with Gasteiger partial charge >= 0.3 is 6.36 Å². The minimum Gasteiger partial charge on any atom is -0.490 e. The lowest BCUT2D eigenvalue weighted by Crippen LogP contribution is -2.17. The van der Waals surface area contributed by atoms with Crippen LogP contribution in [-0.2, 0) is 0 Å². The molecular formula is C9H8F3IO2. The van der Waals surface area contributed by atoms with Crippen molar-refractivity contribution >= 4 is 22.6 Å². The van der Waals surface area contributed by atoms with Gasteiger partial charge in [0.05, 0.1) is 6.61 Å². The topological polar surface area (TPSA) is 18.5 Å². The molecule has 1 aromatic carbocycles. The van der Waals surface area contributed by atoms with E-state index in [1.807, 2.05) is 22.6 Å². The van der Waals surface area contributed by atoms with Gasteiger partial charge in [0.2, 0.25) is 0 Å². The molecule has 84 valence electrons. The second-order valence-corrected chi connectivity index (χ2v) is 3.82. The van der Waals surface area contributed by atoms with Crippen molar-refractivity contribution in [2.45, 2.75) is 13.3 Å². The number of alkyl halides is 3. The Morgan fingerprint density at radius 3 is 2.47 bits per heavy atom. The Bertz CT molecular complexity index is 339. The maximum atomic E-state index is 12.0. The fourth-order valence-corrected chi connectivity index (χ4v) is 1.42. The normalized spacial score (nSPS) is 11.3. The van der Waals surface area contributed by atoms with Crippen molar-refractivity contribution < 1.29 is 22.6 Å². The second kappa shape index (κ2) is 4.91. The number of hydrogen-bond donors (Lipinski definition) is 0. The van der Waals surface area contributed by atoms with E-state index in [2.05, 4.69) is 4.74 Å². The molecule has 0 aliphatic rings. The van der Waals surface area contributed by atoms with Crippen LogP contribution in [-0.4, -0.2) is 13.0 Å². The fourth-order valence-electron chi connectivity index (χ4n) is 0.961. The van der Waals surface area contributed by atoms with Gasteiger partial charge in [0.15, 0.2) is 11.5 Å². The van der Waals surface area contributed by atoms with E-state index in [1.165, 1.54) is 12.1 Å². The molecule has 0 amide bonds. The third-order valence-electron chi connectivity index (χ3n) is 1.43. The van der Waals surface area contributed by atoms with Gasteiger partial charge in [-0.25, -0.2) is 0 Å². The number of benzene rings is 1. The third kappa shape index (κ3) is 4.15. The Labute approximate surface area is 98.5 Å². The number of ether oxygens (including phenoxy) is 2. The van der Waals surface area contributed by atoms with Crippen molar-refractivity contribution in [3.8, 4) is 11.5 Å². The summed E-state index contributed by atoms with van der Waals surface area (Å²) in [6.07, 6.45) is -4.70. The van der Waals surface area contributed by atoms with Crippen LogP contribution < -0.4 is 9.47 Å². The first-order valence-corrected chi connectivity index (χ1v) is 5.18. The van der Waals surface area contributed by atoms with E-state index >= 15 is 0 Å². The highest BCUT2D eigenvalue weighted by atomic mass is 127. The van der Waals surface area contributed by atoms with Crippen LogP contribution in [0.4, 0.5) is 13.2 Å². The van der Waals surface area contributed by atoms with Crippen molar-refractivity contribution in [2.24, 2.45) is 0 Å². The van der Waals surface area contributed by atoms with E-state index in [9.17, 15) is 13.2 Å². The molecular weight excluding hydrogens is 324 g/mol. The standard InChI is InChI=1S/C9H8F3IO2/c1-2-14-7-4-3-6(13)5-8(7)15-9(10,11)12/h3-5H,2H2,1H3. The van der Waals surface area contributed by atoms with Crippen LogP contribution in [0.2, 0.25) is 0 Å². The van der Waals surface area contributed by atoms with Crippen LogP contribution in [0.5, 0.6) is 11.5 Å². The van der Waals surface area contributed by atoms with Crippen LogP contribution >= 0.6 is 22.6 Å². The van der Waals surface area contributed by atoms with Crippen LogP contribution in [0.3, 0.4) is 0 Å². The van der Waals surface area contributed by atoms with Crippen LogP contribution in [0.25, 0.3) is 0 Å². The zero-order valence-corrected chi connectivity index (χ0v) is 9.93. The maximum absolute atomic E-state index is 12.0. The monoisotopic (exact) mass is 332 g/mol.